The first-order valence-corrected chi connectivity index (χ1v) is 10.2. The highest BCUT2D eigenvalue weighted by molar-refractivity contribution is 8.00. The first-order valence-electron chi connectivity index (χ1n) is 9.22. The number of nitrogens with one attached hydrogen (secondary N) is 1. The lowest BCUT2D eigenvalue weighted by Crippen LogP contribution is -2.15. The largest absolute Gasteiger partial charge is 0.325 e. The average molecular weight is 390 g/mol. The second kappa shape index (κ2) is 8.45. The summed E-state index contributed by atoms with van der Waals surface area (Å²) >= 11 is 1.29. The van der Waals surface area contributed by atoms with Crippen molar-refractivity contribution in [2.45, 2.75) is 38.6 Å². The Kier molecular flexibility index (Phi) is 6.01. The van der Waals surface area contributed by atoms with Gasteiger partial charge in [0.25, 0.3) is 0 Å². The Morgan fingerprint density at radius 3 is 2.64 bits per heavy atom. The standard InChI is InChI=1S/C23H23N3OS/c1-14(2)17-6-8-21-18(10-17)11-19(12-24)23(26-21)28-13-22(27)25-20-7-5-15(3)9-16(20)4/h5-11,14H,13H2,1-4H3,(H,25,27). The number of rotatable bonds is 5. The normalized spacial score (nSPS) is 10.9. The van der Waals surface area contributed by atoms with E-state index in [-0.39, 0.29) is 11.7 Å². The van der Waals surface area contributed by atoms with Crippen LogP contribution >= 0.6 is 11.8 Å². The van der Waals surface area contributed by atoms with Crippen molar-refractivity contribution in [2.75, 3.05) is 11.1 Å². The van der Waals surface area contributed by atoms with E-state index in [9.17, 15) is 10.1 Å². The van der Waals surface area contributed by atoms with E-state index < -0.39 is 0 Å². The van der Waals surface area contributed by atoms with Crippen LogP contribution in [0.3, 0.4) is 0 Å². The Morgan fingerprint density at radius 2 is 1.96 bits per heavy atom. The maximum atomic E-state index is 12.4. The number of aromatic nitrogens is 1. The highest BCUT2D eigenvalue weighted by Gasteiger charge is 2.12. The second-order valence-corrected chi connectivity index (χ2v) is 8.18. The smallest absolute Gasteiger partial charge is 0.234 e. The number of amides is 1. The molecule has 0 bridgehead atoms. The summed E-state index contributed by atoms with van der Waals surface area (Å²) in [6.45, 7) is 8.27. The van der Waals surface area contributed by atoms with E-state index in [4.69, 9.17) is 0 Å². The van der Waals surface area contributed by atoms with E-state index in [1.807, 2.05) is 44.2 Å². The molecule has 0 atom stereocenters. The molecule has 0 fully saturated rings. The summed E-state index contributed by atoms with van der Waals surface area (Å²) in [7, 11) is 0. The number of carbonyl (C=O) groups is 1. The molecule has 0 aliphatic rings. The van der Waals surface area contributed by atoms with E-state index in [1.165, 1.54) is 17.3 Å². The van der Waals surface area contributed by atoms with Crippen molar-refractivity contribution in [3.63, 3.8) is 0 Å². The summed E-state index contributed by atoms with van der Waals surface area (Å²) in [5, 5.41) is 14.0. The van der Waals surface area contributed by atoms with Gasteiger partial charge in [0.1, 0.15) is 11.1 Å². The number of aryl methyl sites for hydroxylation is 2. The van der Waals surface area contributed by atoms with Crippen molar-refractivity contribution >= 4 is 34.3 Å². The summed E-state index contributed by atoms with van der Waals surface area (Å²) in [5.41, 5.74) is 5.54. The molecule has 1 N–H and O–H groups in total. The van der Waals surface area contributed by atoms with Crippen molar-refractivity contribution in [3.8, 4) is 6.07 Å². The zero-order chi connectivity index (χ0) is 20.3. The van der Waals surface area contributed by atoms with Crippen LogP contribution in [0.4, 0.5) is 5.69 Å². The lowest BCUT2D eigenvalue weighted by Gasteiger charge is -2.10. The predicted molar refractivity (Wildman–Crippen MR) is 116 cm³/mol. The molecule has 0 radical (unpaired) electrons. The molecule has 142 valence electrons. The minimum absolute atomic E-state index is 0.113. The van der Waals surface area contributed by atoms with E-state index in [1.54, 1.807) is 0 Å². The number of anilines is 1. The van der Waals surface area contributed by atoms with Crippen LogP contribution in [0, 0.1) is 25.2 Å². The van der Waals surface area contributed by atoms with Gasteiger partial charge in [0.05, 0.1) is 16.8 Å². The summed E-state index contributed by atoms with van der Waals surface area (Å²) < 4.78 is 0. The van der Waals surface area contributed by atoms with Gasteiger partial charge in [0.15, 0.2) is 0 Å². The van der Waals surface area contributed by atoms with Gasteiger partial charge in [-0.1, -0.05) is 49.4 Å². The summed E-state index contributed by atoms with van der Waals surface area (Å²) in [6, 6.07) is 16.1. The lowest BCUT2D eigenvalue weighted by molar-refractivity contribution is -0.113. The van der Waals surface area contributed by atoms with Gasteiger partial charge in [-0.2, -0.15) is 5.26 Å². The van der Waals surface area contributed by atoms with Gasteiger partial charge in [0, 0.05) is 11.1 Å². The van der Waals surface area contributed by atoms with Crippen molar-refractivity contribution < 1.29 is 4.79 Å². The van der Waals surface area contributed by atoms with Crippen LogP contribution in [0.2, 0.25) is 0 Å². The van der Waals surface area contributed by atoms with Gasteiger partial charge in [-0.05, 0) is 55.2 Å². The molecule has 5 heteroatoms. The third-order valence-corrected chi connectivity index (χ3v) is 5.58. The quantitative estimate of drug-likeness (QED) is 0.579. The molecule has 2 aromatic carbocycles. The molecule has 0 aliphatic carbocycles. The molecule has 3 aromatic rings. The fraction of sp³-hybridized carbons (Fsp3) is 0.261. The Bertz CT molecular complexity index is 1080. The number of thioether (sulfide) groups is 1. The van der Waals surface area contributed by atoms with E-state index >= 15 is 0 Å². The Balaban J connectivity index is 1.77. The highest BCUT2D eigenvalue weighted by atomic mass is 32.2. The minimum atomic E-state index is -0.113. The van der Waals surface area contributed by atoms with Gasteiger partial charge < -0.3 is 5.32 Å². The second-order valence-electron chi connectivity index (χ2n) is 7.21. The number of carbonyl (C=O) groups excluding carboxylic acids is 1. The van der Waals surface area contributed by atoms with Gasteiger partial charge >= 0.3 is 0 Å². The number of nitrogens with zero attached hydrogens (tertiary/aromatic N) is 2. The van der Waals surface area contributed by atoms with Crippen molar-refractivity contribution in [1.82, 2.24) is 4.98 Å². The fourth-order valence-corrected chi connectivity index (χ4v) is 3.76. The van der Waals surface area contributed by atoms with Gasteiger partial charge in [-0.15, -0.1) is 0 Å². The van der Waals surface area contributed by atoms with Crippen LogP contribution in [0.15, 0.2) is 47.5 Å². The number of hydrogen-bond acceptors (Lipinski definition) is 4. The summed E-state index contributed by atoms with van der Waals surface area (Å²) in [5.74, 6) is 0.501. The number of benzene rings is 2. The maximum Gasteiger partial charge on any atom is 0.234 e. The van der Waals surface area contributed by atoms with Crippen LogP contribution in [-0.4, -0.2) is 16.6 Å². The monoisotopic (exact) mass is 389 g/mol. The molecule has 3 rings (SSSR count). The van der Waals surface area contributed by atoms with Crippen LogP contribution in [-0.2, 0) is 4.79 Å². The van der Waals surface area contributed by atoms with Crippen LogP contribution < -0.4 is 5.32 Å². The lowest BCUT2D eigenvalue weighted by atomic mass is 10.0. The first kappa shape index (κ1) is 19.9. The zero-order valence-electron chi connectivity index (χ0n) is 16.5. The van der Waals surface area contributed by atoms with Crippen LogP contribution in [0.5, 0.6) is 0 Å². The van der Waals surface area contributed by atoms with Gasteiger partial charge in [0.2, 0.25) is 5.91 Å². The molecule has 28 heavy (non-hydrogen) atoms. The molecule has 0 aliphatic heterocycles. The Morgan fingerprint density at radius 1 is 1.18 bits per heavy atom. The number of nitriles is 1. The Labute approximate surface area is 170 Å². The predicted octanol–water partition coefficient (Wildman–Crippen LogP) is 5.58. The topological polar surface area (TPSA) is 65.8 Å². The van der Waals surface area contributed by atoms with Gasteiger partial charge in [-0.25, -0.2) is 4.98 Å². The highest BCUT2D eigenvalue weighted by Crippen LogP contribution is 2.27. The molecule has 0 saturated heterocycles. The fourth-order valence-electron chi connectivity index (χ4n) is 3.00. The molecule has 1 amide bonds. The summed E-state index contributed by atoms with van der Waals surface area (Å²) in [6.07, 6.45) is 0. The zero-order valence-corrected chi connectivity index (χ0v) is 17.4. The third-order valence-electron chi connectivity index (χ3n) is 4.59. The van der Waals surface area contributed by atoms with Crippen LogP contribution in [0.1, 0.15) is 42.0 Å². The SMILES string of the molecule is Cc1ccc(NC(=O)CSc2nc3ccc(C(C)C)cc3cc2C#N)c(C)c1. The first-order chi connectivity index (χ1) is 13.4. The molecular weight excluding hydrogens is 366 g/mol. The minimum Gasteiger partial charge on any atom is -0.325 e. The average Bonchev–Trinajstić information content (AvgIpc) is 2.67. The number of pyridine rings is 1. The molecule has 1 aromatic heterocycles. The Hall–Kier alpha value is -2.84. The number of hydrogen-bond donors (Lipinski definition) is 1. The molecule has 1 heterocycles. The number of fused-ring (bicyclic) bond motifs is 1. The van der Waals surface area contributed by atoms with Crippen molar-refractivity contribution in [1.29, 1.82) is 5.26 Å². The van der Waals surface area contributed by atoms with E-state index in [0.717, 1.165) is 27.7 Å². The summed E-state index contributed by atoms with van der Waals surface area (Å²) in [4.78, 5) is 17.0. The van der Waals surface area contributed by atoms with Crippen LogP contribution in [0.25, 0.3) is 10.9 Å². The molecule has 4 nitrogen and oxygen atoms in total. The van der Waals surface area contributed by atoms with E-state index in [2.05, 4.69) is 42.4 Å². The van der Waals surface area contributed by atoms with E-state index in [0.29, 0.717) is 16.5 Å². The van der Waals surface area contributed by atoms with Gasteiger partial charge in [-0.3, -0.25) is 4.79 Å². The molecular formula is C23H23N3OS. The molecule has 0 unspecified atom stereocenters. The third kappa shape index (κ3) is 4.52. The van der Waals surface area contributed by atoms with Crippen molar-refractivity contribution in [2.24, 2.45) is 0 Å². The maximum absolute atomic E-state index is 12.4. The molecule has 0 saturated carbocycles. The molecule has 0 spiro atoms. The van der Waals surface area contributed by atoms with Crippen molar-refractivity contribution in [3.05, 3.63) is 64.7 Å².